The second-order valence-electron chi connectivity index (χ2n) is 5.60. The van der Waals surface area contributed by atoms with Crippen LogP contribution in [0, 0.1) is 5.82 Å². The molecule has 1 aromatic heterocycles. The molecule has 1 fully saturated rings. The summed E-state index contributed by atoms with van der Waals surface area (Å²) in [5.74, 6) is -0.740. The molecule has 0 radical (unpaired) electrons. The van der Waals surface area contributed by atoms with Crippen LogP contribution < -0.4 is 10.2 Å². The molecule has 3 rings (SSSR count). The molecule has 1 aliphatic heterocycles. The number of piperidine rings is 1. The molecule has 1 N–H and O–H groups in total. The van der Waals surface area contributed by atoms with Gasteiger partial charge in [-0.25, -0.2) is 14.4 Å². The highest BCUT2D eigenvalue weighted by Crippen LogP contribution is 2.25. The van der Waals surface area contributed by atoms with E-state index in [2.05, 4.69) is 20.2 Å². The fourth-order valence-electron chi connectivity index (χ4n) is 2.75. The summed E-state index contributed by atoms with van der Waals surface area (Å²) in [5.41, 5.74) is 1.48. The minimum atomic E-state index is -0.392. The summed E-state index contributed by atoms with van der Waals surface area (Å²) in [6, 6.07) is 5.84. The van der Waals surface area contributed by atoms with Gasteiger partial charge in [0.1, 0.15) is 5.82 Å². The monoisotopic (exact) mass is 346 g/mol. The first-order valence-electron chi connectivity index (χ1n) is 7.90. The first-order chi connectivity index (χ1) is 11.7. The fourth-order valence-corrected chi connectivity index (χ4v) is 3.09. The van der Waals surface area contributed by atoms with Gasteiger partial charge in [0.25, 0.3) is 5.91 Å². The Labute approximate surface area is 144 Å². The Balaban J connectivity index is 1.90. The molecule has 5 nitrogen and oxygen atoms in total. The van der Waals surface area contributed by atoms with E-state index in [1.807, 2.05) is 6.26 Å². The molecule has 1 aliphatic rings. The van der Waals surface area contributed by atoms with Gasteiger partial charge in [-0.1, -0.05) is 17.8 Å². The third kappa shape index (κ3) is 3.84. The van der Waals surface area contributed by atoms with E-state index < -0.39 is 5.82 Å². The molecule has 126 valence electrons. The number of hydrogen-bond acceptors (Lipinski definition) is 5. The van der Waals surface area contributed by atoms with E-state index in [0.717, 1.165) is 31.6 Å². The van der Waals surface area contributed by atoms with Crippen molar-refractivity contribution in [1.29, 1.82) is 0 Å². The van der Waals surface area contributed by atoms with Crippen LogP contribution in [-0.2, 0) is 0 Å². The van der Waals surface area contributed by atoms with Gasteiger partial charge in [-0.15, -0.1) is 0 Å². The fraction of sp³-hybridized carbons (Fsp3) is 0.353. The number of nitrogens with one attached hydrogen (secondary N) is 1. The lowest BCUT2D eigenvalue weighted by molar-refractivity contribution is 0.102. The topological polar surface area (TPSA) is 58.1 Å². The lowest BCUT2D eigenvalue weighted by atomic mass is 10.1. The third-order valence-corrected chi connectivity index (χ3v) is 4.49. The number of halogens is 1. The Kier molecular flexibility index (Phi) is 5.30. The van der Waals surface area contributed by atoms with Crippen molar-refractivity contribution in [3.8, 4) is 0 Å². The first-order valence-corrected chi connectivity index (χ1v) is 9.13. The second-order valence-corrected chi connectivity index (χ2v) is 6.38. The number of hydrogen-bond donors (Lipinski definition) is 1. The van der Waals surface area contributed by atoms with Crippen molar-refractivity contribution in [2.45, 2.75) is 24.4 Å². The molecular weight excluding hydrogens is 327 g/mol. The molecule has 0 saturated carbocycles. The van der Waals surface area contributed by atoms with Gasteiger partial charge >= 0.3 is 0 Å². The van der Waals surface area contributed by atoms with Crippen LogP contribution in [0.1, 0.15) is 29.8 Å². The van der Waals surface area contributed by atoms with Crippen LogP contribution in [0.4, 0.5) is 15.8 Å². The average molecular weight is 346 g/mol. The first kappa shape index (κ1) is 16.7. The highest BCUT2D eigenvalue weighted by Gasteiger charge is 2.21. The van der Waals surface area contributed by atoms with Gasteiger partial charge in [0.05, 0.1) is 11.9 Å². The largest absolute Gasteiger partial charge is 0.368 e. The molecule has 0 bridgehead atoms. The van der Waals surface area contributed by atoms with Gasteiger partial charge in [-0.3, -0.25) is 4.79 Å². The highest BCUT2D eigenvalue weighted by molar-refractivity contribution is 7.98. The van der Waals surface area contributed by atoms with Gasteiger partial charge < -0.3 is 10.2 Å². The van der Waals surface area contributed by atoms with Crippen molar-refractivity contribution in [3.05, 3.63) is 42.0 Å². The minimum Gasteiger partial charge on any atom is -0.368 e. The van der Waals surface area contributed by atoms with E-state index in [4.69, 9.17) is 0 Å². The van der Waals surface area contributed by atoms with Gasteiger partial charge in [0.15, 0.2) is 10.9 Å². The van der Waals surface area contributed by atoms with Gasteiger partial charge in [0.2, 0.25) is 0 Å². The van der Waals surface area contributed by atoms with Crippen molar-refractivity contribution < 1.29 is 9.18 Å². The lowest BCUT2D eigenvalue weighted by Crippen LogP contribution is -2.32. The van der Waals surface area contributed by atoms with Crippen molar-refractivity contribution in [3.63, 3.8) is 0 Å². The Bertz CT molecular complexity index is 734. The Hall–Kier alpha value is -2.15. The SMILES string of the molecule is CSc1ncc(N2CCCCC2)c(C(=O)Nc2cccc(F)c2)n1. The van der Waals surface area contributed by atoms with Crippen LogP contribution in [0.15, 0.2) is 35.6 Å². The normalized spacial score (nSPS) is 14.5. The van der Waals surface area contributed by atoms with E-state index >= 15 is 0 Å². The standard InChI is InChI=1S/C17H19FN4OS/c1-24-17-19-11-14(22-8-3-2-4-9-22)15(21-17)16(23)20-13-7-5-6-12(18)10-13/h5-7,10-11H,2-4,8-9H2,1H3,(H,20,23). The molecule has 7 heteroatoms. The molecule has 0 spiro atoms. The molecule has 1 amide bonds. The zero-order valence-electron chi connectivity index (χ0n) is 13.5. The molecule has 0 unspecified atom stereocenters. The predicted molar refractivity (Wildman–Crippen MR) is 94.2 cm³/mol. The number of aromatic nitrogens is 2. The second kappa shape index (κ2) is 7.61. The van der Waals surface area contributed by atoms with Crippen LogP contribution in [0.3, 0.4) is 0 Å². The van der Waals surface area contributed by atoms with Crippen molar-refractivity contribution in [2.75, 3.05) is 29.6 Å². The quantitative estimate of drug-likeness (QED) is 0.677. The van der Waals surface area contributed by atoms with Gasteiger partial charge in [-0.05, 0) is 43.7 Å². The maximum atomic E-state index is 13.3. The number of carbonyl (C=O) groups excluding carboxylic acids is 1. The van der Waals surface area contributed by atoms with Crippen LogP contribution in [0.2, 0.25) is 0 Å². The third-order valence-electron chi connectivity index (χ3n) is 3.92. The number of thioether (sulfide) groups is 1. The van der Waals surface area contributed by atoms with Crippen LogP contribution in [0.5, 0.6) is 0 Å². The summed E-state index contributed by atoms with van der Waals surface area (Å²) in [7, 11) is 0. The lowest BCUT2D eigenvalue weighted by Gasteiger charge is -2.29. The molecule has 0 aliphatic carbocycles. The van der Waals surface area contributed by atoms with E-state index in [1.165, 1.54) is 30.3 Å². The molecule has 2 heterocycles. The molecular formula is C17H19FN4OS. The van der Waals surface area contributed by atoms with Crippen LogP contribution >= 0.6 is 11.8 Å². The smallest absolute Gasteiger partial charge is 0.276 e. The summed E-state index contributed by atoms with van der Waals surface area (Å²) >= 11 is 1.38. The van der Waals surface area contributed by atoms with Gasteiger partial charge in [0, 0.05) is 18.8 Å². The number of nitrogens with zero attached hydrogens (tertiary/aromatic N) is 3. The molecule has 2 aromatic rings. The molecule has 0 atom stereocenters. The zero-order chi connectivity index (χ0) is 16.9. The maximum absolute atomic E-state index is 13.3. The van der Waals surface area contributed by atoms with Crippen molar-refractivity contribution >= 4 is 29.0 Å². The molecule has 1 aromatic carbocycles. The predicted octanol–water partition coefficient (Wildman–Crippen LogP) is 3.58. The molecule has 1 saturated heterocycles. The molecule has 24 heavy (non-hydrogen) atoms. The summed E-state index contributed by atoms with van der Waals surface area (Å²) in [4.78, 5) is 23.5. The summed E-state index contributed by atoms with van der Waals surface area (Å²) in [6.45, 7) is 1.78. The number of anilines is 2. The number of carbonyl (C=O) groups is 1. The highest BCUT2D eigenvalue weighted by atomic mass is 32.2. The Morgan fingerprint density at radius 2 is 2.08 bits per heavy atom. The minimum absolute atomic E-state index is 0.334. The van der Waals surface area contributed by atoms with Crippen molar-refractivity contribution in [1.82, 2.24) is 9.97 Å². The number of rotatable bonds is 4. The van der Waals surface area contributed by atoms with Gasteiger partial charge in [-0.2, -0.15) is 0 Å². The summed E-state index contributed by atoms with van der Waals surface area (Å²) in [6.07, 6.45) is 6.96. The zero-order valence-corrected chi connectivity index (χ0v) is 14.3. The Morgan fingerprint density at radius 1 is 1.29 bits per heavy atom. The van der Waals surface area contributed by atoms with E-state index in [-0.39, 0.29) is 5.91 Å². The number of amides is 1. The van der Waals surface area contributed by atoms with E-state index in [1.54, 1.807) is 18.3 Å². The summed E-state index contributed by atoms with van der Waals surface area (Å²) < 4.78 is 13.3. The van der Waals surface area contributed by atoms with Crippen LogP contribution in [0.25, 0.3) is 0 Å². The maximum Gasteiger partial charge on any atom is 0.276 e. The van der Waals surface area contributed by atoms with E-state index in [9.17, 15) is 9.18 Å². The van der Waals surface area contributed by atoms with Crippen molar-refractivity contribution in [2.24, 2.45) is 0 Å². The average Bonchev–Trinajstić information content (AvgIpc) is 2.62. The Morgan fingerprint density at radius 3 is 2.79 bits per heavy atom. The number of benzene rings is 1. The van der Waals surface area contributed by atoms with Crippen LogP contribution in [-0.4, -0.2) is 35.2 Å². The van der Waals surface area contributed by atoms with E-state index in [0.29, 0.717) is 16.5 Å². The summed E-state index contributed by atoms with van der Waals surface area (Å²) in [5, 5.41) is 3.27.